The molecule has 3 rings (SSSR count). The van der Waals surface area contributed by atoms with E-state index in [1.54, 1.807) is 49.4 Å². The third-order valence-corrected chi connectivity index (χ3v) is 5.17. The first-order valence-electron chi connectivity index (χ1n) is 8.40. The minimum absolute atomic E-state index is 0.0868. The second-order valence-electron chi connectivity index (χ2n) is 6.41. The fraction of sp³-hybridized carbons (Fsp3) is 0.211. The number of halogens is 1. The van der Waals surface area contributed by atoms with Crippen LogP contribution in [0.4, 0.5) is 10.5 Å². The standard InChI is InChI=1S/C19H19ClN4O3S/c1-11-14(20)8-5-9-15(11)21-17(28)23-24-16(25)19(2,22-18(24)26)12-6-4-7-13(10-12)27-3/h4-10H,1-3H3,(H,22,26)(H2,21,23,28)/t19-/m1/s1. The van der Waals surface area contributed by atoms with Gasteiger partial charge < -0.3 is 15.4 Å². The summed E-state index contributed by atoms with van der Waals surface area (Å²) < 4.78 is 5.21. The number of carbonyl (C=O) groups is 2. The van der Waals surface area contributed by atoms with Gasteiger partial charge >= 0.3 is 6.03 Å². The Morgan fingerprint density at radius 3 is 2.68 bits per heavy atom. The number of methoxy groups -OCH3 is 1. The Hall–Kier alpha value is -2.84. The molecule has 3 amide bonds. The Labute approximate surface area is 173 Å². The smallest absolute Gasteiger partial charge is 0.344 e. The molecule has 3 N–H and O–H groups in total. The fourth-order valence-corrected chi connectivity index (χ4v) is 3.24. The SMILES string of the molecule is COc1cccc([C@@]2(C)NC(=O)N(NC(=S)Nc3cccc(Cl)c3C)C2=O)c1. The van der Waals surface area contributed by atoms with E-state index in [-0.39, 0.29) is 5.11 Å². The number of thiocarbonyl (C=S) groups is 1. The Kier molecular flexibility index (Phi) is 5.44. The molecule has 0 radical (unpaired) electrons. The van der Waals surface area contributed by atoms with Crippen molar-refractivity contribution in [2.24, 2.45) is 0 Å². The second kappa shape index (κ2) is 7.65. The van der Waals surface area contributed by atoms with E-state index in [0.717, 1.165) is 10.6 Å². The number of hydrogen-bond donors (Lipinski definition) is 3. The predicted octanol–water partition coefficient (Wildman–Crippen LogP) is 3.33. The molecule has 0 spiro atoms. The van der Waals surface area contributed by atoms with E-state index in [0.29, 0.717) is 22.0 Å². The molecule has 0 aromatic heterocycles. The van der Waals surface area contributed by atoms with E-state index >= 15 is 0 Å². The zero-order valence-electron chi connectivity index (χ0n) is 15.5. The van der Waals surface area contributed by atoms with Crippen molar-refractivity contribution in [1.82, 2.24) is 15.8 Å². The maximum Gasteiger partial charge on any atom is 0.344 e. The minimum atomic E-state index is -1.25. The van der Waals surface area contributed by atoms with Gasteiger partial charge in [-0.15, -0.1) is 0 Å². The number of imide groups is 1. The number of benzene rings is 2. The Balaban J connectivity index is 1.78. The van der Waals surface area contributed by atoms with E-state index in [4.69, 9.17) is 28.6 Å². The van der Waals surface area contributed by atoms with Crippen molar-refractivity contribution in [3.8, 4) is 5.75 Å². The molecule has 1 atom stereocenters. The van der Waals surface area contributed by atoms with Crippen molar-refractivity contribution in [1.29, 1.82) is 0 Å². The number of anilines is 1. The molecule has 1 saturated heterocycles. The molecule has 0 bridgehead atoms. The zero-order chi connectivity index (χ0) is 20.5. The zero-order valence-corrected chi connectivity index (χ0v) is 17.1. The molecule has 146 valence electrons. The summed E-state index contributed by atoms with van der Waals surface area (Å²) in [5.74, 6) is 0.0959. The van der Waals surface area contributed by atoms with Crippen LogP contribution in [0.3, 0.4) is 0 Å². The van der Waals surface area contributed by atoms with E-state index < -0.39 is 17.5 Å². The van der Waals surface area contributed by atoms with Crippen molar-refractivity contribution >= 4 is 46.6 Å². The van der Waals surface area contributed by atoms with Crippen LogP contribution < -0.4 is 20.8 Å². The van der Waals surface area contributed by atoms with Crippen molar-refractivity contribution < 1.29 is 14.3 Å². The first-order chi connectivity index (χ1) is 13.3. The topological polar surface area (TPSA) is 82.7 Å². The lowest BCUT2D eigenvalue weighted by Crippen LogP contribution is -2.49. The number of hydrogen-bond acceptors (Lipinski definition) is 4. The molecule has 1 heterocycles. The fourth-order valence-electron chi connectivity index (χ4n) is 2.87. The van der Waals surface area contributed by atoms with Gasteiger partial charge in [0.15, 0.2) is 5.11 Å². The molecular weight excluding hydrogens is 400 g/mol. The second-order valence-corrected chi connectivity index (χ2v) is 7.22. The van der Waals surface area contributed by atoms with Crippen molar-refractivity contribution in [2.45, 2.75) is 19.4 Å². The first kappa shape index (κ1) is 19.9. The van der Waals surface area contributed by atoms with Gasteiger partial charge in [0, 0.05) is 10.7 Å². The van der Waals surface area contributed by atoms with Crippen LogP contribution in [0.5, 0.6) is 5.75 Å². The summed E-state index contributed by atoms with van der Waals surface area (Å²) >= 11 is 11.4. The van der Waals surface area contributed by atoms with Crippen LogP contribution in [-0.2, 0) is 10.3 Å². The van der Waals surface area contributed by atoms with Gasteiger partial charge in [-0.25, -0.2) is 4.79 Å². The maximum absolute atomic E-state index is 13.0. The average molecular weight is 419 g/mol. The van der Waals surface area contributed by atoms with Gasteiger partial charge in [-0.2, -0.15) is 5.01 Å². The molecule has 1 aliphatic heterocycles. The van der Waals surface area contributed by atoms with Crippen LogP contribution in [0.25, 0.3) is 0 Å². The van der Waals surface area contributed by atoms with Crippen LogP contribution in [0.1, 0.15) is 18.1 Å². The van der Waals surface area contributed by atoms with Gasteiger partial charge in [-0.3, -0.25) is 10.2 Å². The number of nitrogens with one attached hydrogen (secondary N) is 3. The Morgan fingerprint density at radius 1 is 1.25 bits per heavy atom. The number of amides is 3. The predicted molar refractivity (Wildman–Crippen MR) is 111 cm³/mol. The highest BCUT2D eigenvalue weighted by Gasteiger charge is 2.50. The summed E-state index contributed by atoms with van der Waals surface area (Å²) in [5.41, 5.74) is 3.46. The lowest BCUT2D eigenvalue weighted by molar-refractivity contribution is -0.132. The van der Waals surface area contributed by atoms with Crippen LogP contribution in [0.2, 0.25) is 5.02 Å². The monoisotopic (exact) mass is 418 g/mol. The van der Waals surface area contributed by atoms with Crippen LogP contribution >= 0.6 is 23.8 Å². The molecule has 2 aromatic rings. The summed E-state index contributed by atoms with van der Waals surface area (Å²) in [4.78, 5) is 25.4. The van der Waals surface area contributed by atoms with Crippen LogP contribution in [0, 0.1) is 6.92 Å². The average Bonchev–Trinajstić information content (AvgIpc) is 2.89. The third kappa shape index (κ3) is 3.61. The third-order valence-electron chi connectivity index (χ3n) is 4.57. The van der Waals surface area contributed by atoms with Crippen molar-refractivity contribution in [3.05, 3.63) is 58.6 Å². The summed E-state index contributed by atoms with van der Waals surface area (Å²) in [6.45, 7) is 3.46. The Bertz CT molecular complexity index is 968. The number of urea groups is 1. The van der Waals surface area contributed by atoms with Gasteiger partial charge in [0.05, 0.1) is 7.11 Å². The van der Waals surface area contributed by atoms with Gasteiger partial charge in [-0.05, 0) is 61.5 Å². The molecule has 0 aliphatic carbocycles. The number of ether oxygens (including phenoxy) is 1. The largest absolute Gasteiger partial charge is 0.497 e. The van der Waals surface area contributed by atoms with E-state index in [9.17, 15) is 9.59 Å². The number of hydrazine groups is 1. The van der Waals surface area contributed by atoms with Crippen molar-refractivity contribution in [2.75, 3.05) is 12.4 Å². The summed E-state index contributed by atoms with van der Waals surface area (Å²) in [6, 6.07) is 11.7. The van der Waals surface area contributed by atoms with Crippen LogP contribution in [0.15, 0.2) is 42.5 Å². The highest BCUT2D eigenvalue weighted by atomic mass is 35.5. The van der Waals surface area contributed by atoms with Gasteiger partial charge in [0.1, 0.15) is 11.3 Å². The number of rotatable bonds is 4. The van der Waals surface area contributed by atoms with Gasteiger partial charge in [0.2, 0.25) is 0 Å². The van der Waals surface area contributed by atoms with Crippen molar-refractivity contribution in [3.63, 3.8) is 0 Å². The van der Waals surface area contributed by atoms with E-state index in [1.165, 1.54) is 7.11 Å². The highest BCUT2D eigenvalue weighted by molar-refractivity contribution is 7.80. The number of nitrogens with zero attached hydrogens (tertiary/aromatic N) is 1. The van der Waals surface area contributed by atoms with Gasteiger partial charge in [-0.1, -0.05) is 29.8 Å². The molecular formula is C19H19ClN4O3S. The highest BCUT2D eigenvalue weighted by Crippen LogP contribution is 2.30. The van der Waals surface area contributed by atoms with Crippen LogP contribution in [-0.4, -0.2) is 29.2 Å². The summed E-state index contributed by atoms with van der Waals surface area (Å²) in [7, 11) is 1.53. The quantitative estimate of drug-likeness (QED) is 0.522. The van der Waals surface area contributed by atoms with Gasteiger partial charge in [0.25, 0.3) is 5.91 Å². The lowest BCUT2D eigenvalue weighted by Gasteiger charge is -2.23. The molecule has 1 aliphatic rings. The first-order valence-corrected chi connectivity index (χ1v) is 9.19. The number of carbonyl (C=O) groups excluding carboxylic acids is 2. The van der Waals surface area contributed by atoms with E-state index in [2.05, 4.69) is 16.1 Å². The molecule has 0 unspecified atom stereocenters. The van der Waals surface area contributed by atoms with E-state index in [1.807, 2.05) is 6.92 Å². The molecule has 28 heavy (non-hydrogen) atoms. The molecule has 9 heteroatoms. The molecule has 7 nitrogen and oxygen atoms in total. The summed E-state index contributed by atoms with van der Waals surface area (Å²) in [5, 5.41) is 7.16. The molecule has 2 aromatic carbocycles. The Morgan fingerprint density at radius 2 is 1.96 bits per heavy atom. The normalized spacial score (nSPS) is 18.6. The lowest BCUT2D eigenvalue weighted by atomic mass is 9.92. The minimum Gasteiger partial charge on any atom is -0.497 e. The molecule has 1 fully saturated rings. The maximum atomic E-state index is 13.0. The summed E-state index contributed by atoms with van der Waals surface area (Å²) in [6.07, 6.45) is 0. The molecule has 0 saturated carbocycles.